The molecule has 0 aromatic heterocycles. The zero-order valence-electron chi connectivity index (χ0n) is 9.54. The van der Waals surface area contributed by atoms with Gasteiger partial charge in [-0.1, -0.05) is 27.5 Å². The van der Waals surface area contributed by atoms with E-state index >= 15 is 0 Å². The number of nitrogens with zero attached hydrogens (tertiary/aromatic N) is 1. The van der Waals surface area contributed by atoms with Crippen molar-refractivity contribution in [2.45, 2.75) is 12.5 Å². The van der Waals surface area contributed by atoms with E-state index in [4.69, 9.17) is 11.6 Å². The molecule has 1 aromatic rings. The molecule has 0 saturated carbocycles. The standard InChI is InChI=1S/C12H14BrClN2O/c1-15-9-4-5-16(7-9)12(17)10-6-8(13)2-3-11(10)14/h2-3,6,9,15H,4-5,7H2,1H3. The molecule has 92 valence electrons. The molecule has 1 aromatic carbocycles. The van der Waals surface area contributed by atoms with E-state index in [0.29, 0.717) is 16.6 Å². The highest BCUT2D eigenvalue weighted by Crippen LogP contribution is 2.23. The van der Waals surface area contributed by atoms with Gasteiger partial charge in [0.15, 0.2) is 0 Å². The van der Waals surface area contributed by atoms with Gasteiger partial charge < -0.3 is 10.2 Å². The summed E-state index contributed by atoms with van der Waals surface area (Å²) in [6.07, 6.45) is 0.994. The van der Waals surface area contributed by atoms with E-state index in [1.165, 1.54) is 0 Å². The fourth-order valence-corrected chi connectivity index (χ4v) is 2.57. The summed E-state index contributed by atoms with van der Waals surface area (Å²) in [5, 5.41) is 3.70. The van der Waals surface area contributed by atoms with Crippen molar-refractivity contribution in [1.82, 2.24) is 10.2 Å². The lowest BCUT2D eigenvalue weighted by Gasteiger charge is -2.17. The van der Waals surface area contributed by atoms with Crippen LogP contribution in [0.25, 0.3) is 0 Å². The first-order valence-electron chi connectivity index (χ1n) is 5.53. The van der Waals surface area contributed by atoms with Crippen LogP contribution in [-0.4, -0.2) is 37.0 Å². The zero-order valence-corrected chi connectivity index (χ0v) is 11.9. The third-order valence-corrected chi connectivity index (χ3v) is 3.87. The summed E-state index contributed by atoms with van der Waals surface area (Å²) in [5.74, 6) is 0.00838. The number of halogens is 2. The molecule has 0 bridgehead atoms. The predicted molar refractivity (Wildman–Crippen MR) is 72.5 cm³/mol. The summed E-state index contributed by atoms with van der Waals surface area (Å²) in [4.78, 5) is 14.1. The van der Waals surface area contributed by atoms with Crippen molar-refractivity contribution in [3.63, 3.8) is 0 Å². The summed E-state index contributed by atoms with van der Waals surface area (Å²) in [7, 11) is 1.92. The molecule has 1 saturated heterocycles. The third-order valence-electron chi connectivity index (χ3n) is 3.04. The van der Waals surface area contributed by atoms with Gasteiger partial charge in [-0.3, -0.25) is 4.79 Å². The monoisotopic (exact) mass is 316 g/mol. The average Bonchev–Trinajstić information content (AvgIpc) is 2.80. The number of amides is 1. The minimum atomic E-state index is 0.00838. The molecule has 1 atom stereocenters. The van der Waals surface area contributed by atoms with Crippen LogP contribution in [0.3, 0.4) is 0 Å². The van der Waals surface area contributed by atoms with Gasteiger partial charge in [0.05, 0.1) is 10.6 Å². The van der Waals surface area contributed by atoms with Crippen LogP contribution in [0.1, 0.15) is 16.8 Å². The second-order valence-corrected chi connectivity index (χ2v) is 5.47. The second-order valence-electron chi connectivity index (χ2n) is 4.15. The van der Waals surface area contributed by atoms with E-state index in [0.717, 1.165) is 24.0 Å². The van der Waals surface area contributed by atoms with Crippen molar-refractivity contribution in [3.05, 3.63) is 33.3 Å². The van der Waals surface area contributed by atoms with Crippen molar-refractivity contribution in [1.29, 1.82) is 0 Å². The molecule has 1 aliphatic heterocycles. The summed E-state index contributed by atoms with van der Waals surface area (Å²) in [6.45, 7) is 1.53. The van der Waals surface area contributed by atoms with Crippen molar-refractivity contribution in [2.24, 2.45) is 0 Å². The Morgan fingerprint density at radius 2 is 2.35 bits per heavy atom. The van der Waals surface area contributed by atoms with Crippen molar-refractivity contribution < 1.29 is 4.79 Å². The zero-order chi connectivity index (χ0) is 12.4. The van der Waals surface area contributed by atoms with Crippen molar-refractivity contribution >= 4 is 33.4 Å². The summed E-state index contributed by atoms with van der Waals surface area (Å²) < 4.78 is 0.870. The first kappa shape index (κ1) is 12.9. The molecule has 1 fully saturated rings. The van der Waals surface area contributed by atoms with Crippen molar-refractivity contribution in [2.75, 3.05) is 20.1 Å². The van der Waals surface area contributed by atoms with Crippen LogP contribution >= 0.6 is 27.5 Å². The summed E-state index contributed by atoms with van der Waals surface area (Å²) in [6, 6.07) is 5.74. The molecule has 1 heterocycles. The van der Waals surface area contributed by atoms with E-state index in [-0.39, 0.29) is 5.91 Å². The van der Waals surface area contributed by atoms with Crippen LogP contribution < -0.4 is 5.32 Å². The maximum atomic E-state index is 12.3. The predicted octanol–water partition coefficient (Wildman–Crippen LogP) is 2.54. The topological polar surface area (TPSA) is 32.3 Å². The Bertz CT molecular complexity index is 439. The Hall–Kier alpha value is -0.580. The van der Waals surface area contributed by atoms with Gasteiger partial charge in [0.25, 0.3) is 5.91 Å². The van der Waals surface area contributed by atoms with Crippen LogP contribution in [0.2, 0.25) is 5.02 Å². The van der Waals surface area contributed by atoms with E-state index in [9.17, 15) is 4.79 Å². The number of likely N-dealkylation sites (N-methyl/N-ethyl adjacent to an activating group) is 1. The number of benzene rings is 1. The number of carbonyl (C=O) groups is 1. The maximum absolute atomic E-state index is 12.3. The number of likely N-dealkylation sites (tertiary alicyclic amines) is 1. The Balaban J connectivity index is 2.17. The van der Waals surface area contributed by atoms with Gasteiger partial charge in [0.1, 0.15) is 0 Å². The number of rotatable bonds is 2. The molecule has 1 unspecified atom stereocenters. The Kier molecular flexibility index (Phi) is 4.07. The SMILES string of the molecule is CNC1CCN(C(=O)c2cc(Br)ccc2Cl)C1. The molecular weight excluding hydrogens is 304 g/mol. The van der Waals surface area contributed by atoms with Crippen LogP contribution in [0, 0.1) is 0 Å². The molecule has 0 spiro atoms. The fourth-order valence-electron chi connectivity index (χ4n) is 2.01. The van der Waals surface area contributed by atoms with Crippen molar-refractivity contribution in [3.8, 4) is 0 Å². The molecule has 2 rings (SSSR count). The highest BCUT2D eigenvalue weighted by molar-refractivity contribution is 9.10. The molecule has 1 amide bonds. The third kappa shape index (κ3) is 2.81. The largest absolute Gasteiger partial charge is 0.337 e. The molecule has 1 aliphatic rings. The van der Waals surface area contributed by atoms with Gasteiger partial charge in [0.2, 0.25) is 0 Å². The number of carbonyl (C=O) groups excluding carboxylic acids is 1. The highest BCUT2D eigenvalue weighted by atomic mass is 79.9. The number of hydrogen-bond acceptors (Lipinski definition) is 2. The fraction of sp³-hybridized carbons (Fsp3) is 0.417. The molecule has 3 nitrogen and oxygen atoms in total. The van der Waals surface area contributed by atoms with Crippen LogP contribution in [-0.2, 0) is 0 Å². The van der Waals surface area contributed by atoms with E-state index in [1.54, 1.807) is 12.1 Å². The number of hydrogen-bond donors (Lipinski definition) is 1. The number of nitrogens with one attached hydrogen (secondary N) is 1. The van der Waals surface area contributed by atoms with Gasteiger partial charge in [-0.2, -0.15) is 0 Å². The minimum absolute atomic E-state index is 0.00838. The van der Waals surface area contributed by atoms with Crippen LogP contribution in [0.5, 0.6) is 0 Å². The van der Waals surface area contributed by atoms with E-state index < -0.39 is 0 Å². The second kappa shape index (κ2) is 5.38. The van der Waals surface area contributed by atoms with E-state index in [1.807, 2.05) is 18.0 Å². The van der Waals surface area contributed by atoms with Crippen LogP contribution in [0.4, 0.5) is 0 Å². The molecular formula is C12H14BrClN2O. The summed E-state index contributed by atoms with van der Waals surface area (Å²) in [5.41, 5.74) is 0.567. The Morgan fingerprint density at radius 3 is 3.00 bits per heavy atom. The molecule has 0 radical (unpaired) electrons. The molecule has 5 heteroatoms. The summed E-state index contributed by atoms with van der Waals surface area (Å²) >= 11 is 9.41. The molecule has 1 N–H and O–H groups in total. The van der Waals surface area contributed by atoms with E-state index in [2.05, 4.69) is 21.2 Å². The van der Waals surface area contributed by atoms with Gasteiger partial charge in [-0.25, -0.2) is 0 Å². The Labute approximate surface area is 114 Å². The minimum Gasteiger partial charge on any atom is -0.337 e. The Morgan fingerprint density at radius 1 is 1.59 bits per heavy atom. The molecule has 17 heavy (non-hydrogen) atoms. The van der Waals surface area contributed by atoms with Gasteiger partial charge in [0, 0.05) is 23.6 Å². The first-order valence-corrected chi connectivity index (χ1v) is 6.70. The lowest BCUT2D eigenvalue weighted by molar-refractivity contribution is 0.0790. The molecule has 0 aliphatic carbocycles. The van der Waals surface area contributed by atoms with Gasteiger partial charge in [-0.15, -0.1) is 0 Å². The quantitative estimate of drug-likeness (QED) is 0.909. The average molecular weight is 318 g/mol. The first-order chi connectivity index (χ1) is 8.11. The normalized spacial score (nSPS) is 19.7. The smallest absolute Gasteiger partial charge is 0.255 e. The van der Waals surface area contributed by atoms with Gasteiger partial charge >= 0.3 is 0 Å². The lowest BCUT2D eigenvalue weighted by Crippen LogP contribution is -2.33. The van der Waals surface area contributed by atoms with Crippen LogP contribution in [0.15, 0.2) is 22.7 Å². The maximum Gasteiger partial charge on any atom is 0.255 e. The highest BCUT2D eigenvalue weighted by Gasteiger charge is 2.26. The van der Waals surface area contributed by atoms with Gasteiger partial charge in [-0.05, 0) is 31.7 Å². The lowest BCUT2D eigenvalue weighted by atomic mass is 10.2.